The van der Waals surface area contributed by atoms with Crippen LogP contribution in [0, 0.1) is 11.3 Å². The Bertz CT molecular complexity index is 1320. The summed E-state index contributed by atoms with van der Waals surface area (Å²) in [5, 5.41) is 17.7. The quantitative estimate of drug-likeness (QED) is 0.510. The minimum atomic E-state index is -1.62. The summed E-state index contributed by atoms with van der Waals surface area (Å²) in [6.07, 6.45) is 4.46. The van der Waals surface area contributed by atoms with Crippen LogP contribution in [0.3, 0.4) is 0 Å². The molecule has 0 radical (unpaired) electrons. The number of nitriles is 1. The van der Waals surface area contributed by atoms with E-state index in [1.165, 1.54) is 19.1 Å². The number of aromatic amines is 1. The highest BCUT2D eigenvalue weighted by Crippen LogP contribution is 2.43. The number of nitrogens with zero attached hydrogens (tertiary/aromatic N) is 4. The van der Waals surface area contributed by atoms with E-state index in [0.29, 0.717) is 34.4 Å². The fourth-order valence-electron chi connectivity index (χ4n) is 5.35. The molecule has 1 saturated carbocycles. The van der Waals surface area contributed by atoms with Gasteiger partial charge in [0.1, 0.15) is 5.67 Å². The summed E-state index contributed by atoms with van der Waals surface area (Å²) in [5.41, 5.74) is 2.82. The topological polar surface area (TPSA) is 94.9 Å². The van der Waals surface area contributed by atoms with Gasteiger partial charge in [0, 0.05) is 42.6 Å². The van der Waals surface area contributed by atoms with Crippen LogP contribution in [0.1, 0.15) is 77.6 Å². The molecule has 1 saturated heterocycles. The van der Waals surface area contributed by atoms with E-state index >= 15 is 4.39 Å². The van der Waals surface area contributed by atoms with Crippen molar-refractivity contribution in [2.75, 3.05) is 20.2 Å². The van der Waals surface area contributed by atoms with E-state index in [2.05, 4.69) is 34.2 Å². The lowest BCUT2D eigenvalue weighted by Gasteiger charge is -2.37. The summed E-state index contributed by atoms with van der Waals surface area (Å²) < 4.78 is 21.1. The summed E-state index contributed by atoms with van der Waals surface area (Å²) in [6, 6.07) is 13.3. The van der Waals surface area contributed by atoms with Crippen molar-refractivity contribution in [3.63, 3.8) is 0 Å². The number of carbonyl (C=O) groups excluding carboxylic acids is 1. The van der Waals surface area contributed by atoms with Crippen LogP contribution in [0.4, 0.5) is 4.39 Å². The summed E-state index contributed by atoms with van der Waals surface area (Å²) >= 11 is 0. The molecule has 0 bridgehead atoms. The van der Waals surface area contributed by atoms with E-state index in [0.717, 1.165) is 30.4 Å². The number of carbonyl (C=O) groups is 1. The number of benzene rings is 2. The second-order valence-corrected chi connectivity index (χ2v) is 9.68. The van der Waals surface area contributed by atoms with Crippen LogP contribution < -0.4 is 4.74 Å². The first kappa shape index (κ1) is 24.0. The van der Waals surface area contributed by atoms with E-state index < -0.39 is 5.67 Å². The Labute approximate surface area is 210 Å². The number of rotatable bonds is 6. The van der Waals surface area contributed by atoms with Gasteiger partial charge in [-0.2, -0.15) is 5.26 Å². The van der Waals surface area contributed by atoms with E-state index in [9.17, 15) is 10.1 Å². The average molecular weight is 488 g/mol. The van der Waals surface area contributed by atoms with Crippen LogP contribution in [0.2, 0.25) is 0 Å². The summed E-state index contributed by atoms with van der Waals surface area (Å²) in [6.45, 7) is 2.62. The van der Waals surface area contributed by atoms with Gasteiger partial charge in [-0.25, -0.2) is 4.39 Å². The van der Waals surface area contributed by atoms with E-state index in [4.69, 9.17) is 4.74 Å². The highest BCUT2D eigenvalue weighted by atomic mass is 19.1. The van der Waals surface area contributed by atoms with Crippen molar-refractivity contribution in [1.82, 2.24) is 20.1 Å². The number of methoxy groups -OCH3 is 1. The van der Waals surface area contributed by atoms with E-state index in [-0.39, 0.29) is 31.8 Å². The average Bonchev–Trinajstić information content (AvgIpc) is 3.36. The molecule has 8 heteroatoms. The Kier molecular flexibility index (Phi) is 6.48. The van der Waals surface area contributed by atoms with Crippen molar-refractivity contribution < 1.29 is 13.9 Å². The van der Waals surface area contributed by atoms with Crippen LogP contribution in [0.5, 0.6) is 6.01 Å². The number of amides is 1. The SMILES string of the molecule is CCc1cc(C2CCC2)c(-c2nnc(OC)[nH]2)cc1C(=O)N1CCC(F)(c2ccccc2C#N)CC1. The first-order valence-electron chi connectivity index (χ1n) is 12.6. The molecule has 1 amide bonds. The molecule has 2 fully saturated rings. The second kappa shape index (κ2) is 9.73. The Morgan fingerprint density at radius 1 is 1.25 bits per heavy atom. The molecule has 0 atom stereocenters. The molecule has 1 N–H and O–H groups in total. The zero-order valence-corrected chi connectivity index (χ0v) is 20.7. The van der Waals surface area contributed by atoms with E-state index in [1.807, 2.05) is 6.07 Å². The Morgan fingerprint density at radius 3 is 2.61 bits per heavy atom. The van der Waals surface area contributed by atoms with Gasteiger partial charge < -0.3 is 9.64 Å². The number of aromatic nitrogens is 3. The van der Waals surface area contributed by atoms with Gasteiger partial charge in [-0.3, -0.25) is 9.78 Å². The summed E-state index contributed by atoms with van der Waals surface area (Å²) in [5.74, 6) is 0.920. The molecule has 7 nitrogen and oxygen atoms in total. The number of hydrogen-bond donors (Lipinski definition) is 1. The van der Waals surface area contributed by atoms with Crippen molar-refractivity contribution in [3.05, 3.63) is 64.2 Å². The zero-order valence-electron chi connectivity index (χ0n) is 20.7. The van der Waals surface area contributed by atoms with Crippen molar-refractivity contribution >= 4 is 5.91 Å². The molecule has 5 rings (SSSR count). The minimum Gasteiger partial charge on any atom is -0.467 e. The molecule has 2 heterocycles. The number of ether oxygens (including phenoxy) is 1. The monoisotopic (exact) mass is 487 g/mol. The molecule has 1 aliphatic carbocycles. The maximum atomic E-state index is 15.9. The van der Waals surface area contributed by atoms with Gasteiger partial charge >= 0.3 is 6.01 Å². The number of piperidine rings is 1. The zero-order chi connectivity index (χ0) is 25.3. The van der Waals surface area contributed by atoms with Gasteiger partial charge in [-0.1, -0.05) is 42.7 Å². The maximum absolute atomic E-state index is 15.9. The lowest BCUT2D eigenvalue weighted by Crippen LogP contribution is -2.43. The molecule has 2 aromatic carbocycles. The third kappa shape index (κ3) is 4.23. The number of alkyl halides is 1. The molecule has 0 unspecified atom stereocenters. The van der Waals surface area contributed by atoms with Crippen LogP contribution in [-0.2, 0) is 12.1 Å². The molecule has 186 valence electrons. The fourth-order valence-corrected chi connectivity index (χ4v) is 5.35. The molecular weight excluding hydrogens is 457 g/mol. The number of halogens is 1. The Morgan fingerprint density at radius 2 is 2.00 bits per heavy atom. The number of nitrogens with one attached hydrogen (secondary N) is 1. The van der Waals surface area contributed by atoms with Crippen molar-refractivity contribution in [2.24, 2.45) is 0 Å². The lowest BCUT2D eigenvalue weighted by atomic mass is 9.76. The molecule has 0 spiro atoms. The van der Waals surface area contributed by atoms with Crippen molar-refractivity contribution in [3.8, 4) is 23.5 Å². The van der Waals surface area contributed by atoms with Crippen LogP contribution in [-0.4, -0.2) is 46.2 Å². The highest BCUT2D eigenvalue weighted by Gasteiger charge is 2.39. The standard InChI is InChI=1S/C28H30FN5O2/c1-3-18-15-21(19-8-6-9-19)23(25-31-27(36-2)33-32-25)16-22(18)26(35)34-13-11-28(29,12-14-34)24-10-5-4-7-20(24)17-30/h4-5,7,10,15-16,19H,3,6,8-9,11-14H2,1-2H3,(H,31,32,33). The van der Waals surface area contributed by atoms with Gasteiger partial charge in [0.15, 0.2) is 5.82 Å². The fraction of sp³-hybridized carbons (Fsp3) is 0.429. The van der Waals surface area contributed by atoms with Gasteiger partial charge in [-0.15, -0.1) is 5.10 Å². The first-order valence-corrected chi connectivity index (χ1v) is 12.6. The molecule has 2 aliphatic rings. The van der Waals surface area contributed by atoms with Gasteiger partial charge in [-0.05, 0) is 48.4 Å². The van der Waals surface area contributed by atoms with Crippen LogP contribution >= 0.6 is 0 Å². The molecule has 3 aromatic rings. The third-order valence-electron chi connectivity index (χ3n) is 7.72. The Hall–Kier alpha value is -3.73. The van der Waals surface area contributed by atoms with Gasteiger partial charge in [0.2, 0.25) is 0 Å². The van der Waals surface area contributed by atoms with Gasteiger partial charge in [0.05, 0.1) is 18.7 Å². The number of H-pyrrole nitrogens is 1. The molecule has 1 aliphatic heterocycles. The van der Waals surface area contributed by atoms with Crippen LogP contribution in [0.15, 0.2) is 36.4 Å². The molecule has 36 heavy (non-hydrogen) atoms. The third-order valence-corrected chi connectivity index (χ3v) is 7.72. The smallest absolute Gasteiger partial charge is 0.314 e. The molecule has 1 aromatic heterocycles. The summed E-state index contributed by atoms with van der Waals surface area (Å²) in [4.78, 5) is 18.6. The number of likely N-dealkylation sites (tertiary alicyclic amines) is 1. The first-order chi connectivity index (χ1) is 17.5. The minimum absolute atomic E-state index is 0.102. The predicted molar refractivity (Wildman–Crippen MR) is 133 cm³/mol. The Balaban J connectivity index is 1.44. The lowest BCUT2D eigenvalue weighted by molar-refractivity contribution is 0.0419. The van der Waals surface area contributed by atoms with Crippen LogP contribution in [0.25, 0.3) is 11.4 Å². The van der Waals surface area contributed by atoms with Crippen molar-refractivity contribution in [2.45, 2.75) is 57.0 Å². The van der Waals surface area contributed by atoms with E-state index in [1.54, 1.807) is 29.2 Å². The predicted octanol–water partition coefficient (Wildman–Crippen LogP) is 5.28. The largest absolute Gasteiger partial charge is 0.467 e. The number of aryl methyl sites for hydroxylation is 1. The van der Waals surface area contributed by atoms with Gasteiger partial charge in [0.25, 0.3) is 5.91 Å². The molecular formula is C28H30FN5O2. The highest BCUT2D eigenvalue weighted by molar-refractivity contribution is 5.97. The number of hydrogen-bond acceptors (Lipinski definition) is 5. The maximum Gasteiger partial charge on any atom is 0.314 e. The van der Waals surface area contributed by atoms with Crippen molar-refractivity contribution in [1.29, 1.82) is 5.26 Å². The normalized spacial score (nSPS) is 17.3. The second-order valence-electron chi connectivity index (χ2n) is 9.68. The summed E-state index contributed by atoms with van der Waals surface area (Å²) in [7, 11) is 1.53.